The lowest BCUT2D eigenvalue weighted by Gasteiger charge is -2.25. The lowest BCUT2D eigenvalue weighted by atomic mass is 9.94. The largest absolute Gasteiger partial charge is 0.444 e. The molecule has 0 spiro atoms. The Kier molecular flexibility index (Phi) is 6.33. The Hall–Kier alpha value is -2.89. The molecule has 0 saturated heterocycles. The zero-order valence-corrected chi connectivity index (χ0v) is 15.2. The van der Waals surface area contributed by atoms with Crippen molar-refractivity contribution in [2.75, 3.05) is 0 Å². The molecule has 2 aromatic rings. The monoisotopic (exact) mass is 356 g/mol. The van der Waals surface area contributed by atoms with Crippen LogP contribution in [0.4, 0.5) is 4.79 Å². The van der Waals surface area contributed by atoms with E-state index < -0.39 is 23.8 Å². The highest BCUT2D eigenvalue weighted by Gasteiger charge is 2.35. The van der Waals surface area contributed by atoms with Crippen LogP contribution in [0.2, 0.25) is 0 Å². The Morgan fingerprint density at radius 3 is 2.12 bits per heavy atom. The Balaban J connectivity index is 2.30. The maximum atomic E-state index is 12.3. The van der Waals surface area contributed by atoms with Crippen LogP contribution >= 0.6 is 0 Å². The molecule has 0 bridgehead atoms. The highest BCUT2D eigenvalue weighted by atomic mass is 16.6. The molecule has 0 aromatic heterocycles. The number of carbonyl (C=O) groups is 1. The molecule has 0 saturated carbocycles. The average molecular weight is 356 g/mol. The molecule has 0 radical (unpaired) electrons. The van der Waals surface area contributed by atoms with E-state index in [9.17, 15) is 14.9 Å². The maximum Gasteiger partial charge on any atom is 0.408 e. The van der Waals surface area contributed by atoms with E-state index in [1.54, 1.807) is 45.0 Å². The Labute approximate surface area is 153 Å². The third-order valence-corrected chi connectivity index (χ3v) is 3.77. The number of nitrogens with zero attached hydrogens (tertiary/aromatic N) is 1. The molecule has 138 valence electrons. The summed E-state index contributed by atoms with van der Waals surface area (Å²) in [4.78, 5) is 23.7. The fourth-order valence-electron chi connectivity index (χ4n) is 2.67. The first-order valence-corrected chi connectivity index (χ1v) is 8.48. The predicted octanol–water partition coefficient (Wildman–Crippen LogP) is 4.14. The van der Waals surface area contributed by atoms with Crippen LogP contribution in [0.5, 0.6) is 0 Å². The fourth-order valence-corrected chi connectivity index (χ4v) is 2.67. The second-order valence-corrected chi connectivity index (χ2v) is 7.08. The van der Waals surface area contributed by atoms with Crippen LogP contribution in [-0.2, 0) is 11.2 Å². The molecular formula is C20H24N2O4. The molecule has 0 aliphatic rings. The molecule has 6 nitrogen and oxygen atoms in total. The number of nitrogens with one attached hydrogen (secondary N) is 1. The van der Waals surface area contributed by atoms with Gasteiger partial charge in [-0.25, -0.2) is 4.79 Å². The number of alkyl carbamates (subject to hydrolysis) is 1. The standard InChI is InChI=1S/C20H24N2O4/c1-20(2,3)26-19(23)21-18(16-12-8-5-9-13-16)17(22(24)25)14-15-10-6-4-7-11-15/h4-13,17-18H,14H2,1-3H3,(H,21,23)/t17-,18+/m1/s1. The number of hydrogen-bond donors (Lipinski definition) is 1. The van der Waals surface area contributed by atoms with Crippen LogP contribution in [0, 0.1) is 10.1 Å². The Morgan fingerprint density at radius 2 is 1.62 bits per heavy atom. The van der Waals surface area contributed by atoms with E-state index in [4.69, 9.17) is 4.74 Å². The van der Waals surface area contributed by atoms with Gasteiger partial charge in [-0.3, -0.25) is 10.1 Å². The molecule has 2 rings (SSSR count). The van der Waals surface area contributed by atoms with Gasteiger partial charge in [0, 0.05) is 11.3 Å². The summed E-state index contributed by atoms with van der Waals surface area (Å²) in [7, 11) is 0. The van der Waals surface area contributed by atoms with Crippen LogP contribution < -0.4 is 5.32 Å². The van der Waals surface area contributed by atoms with E-state index in [1.807, 2.05) is 36.4 Å². The van der Waals surface area contributed by atoms with Crippen LogP contribution in [0.25, 0.3) is 0 Å². The number of ether oxygens (including phenoxy) is 1. The quantitative estimate of drug-likeness (QED) is 0.623. The molecule has 0 fully saturated rings. The number of amides is 1. The van der Waals surface area contributed by atoms with Crippen molar-refractivity contribution >= 4 is 6.09 Å². The highest BCUT2D eigenvalue weighted by molar-refractivity contribution is 5.68. The van der Waals surface area contributed by atoms with Gasteiger partial charge < -0.3 is 10.1 Å². The third-order valence-electron chi connectivity index (χ3n) is 3.77. The average Bonchev–Trinajstić information content (AvgIpc) is 2.58. The summed E-state index contributed by atoms with van der Waals surface area (Å²) in [5.41, 5.74) is 0.812. The van der Waals surface area contributed by atoms with E-state index in [0.717, 1.165) is 5.56 Å². The Morgan fingerprint density at radius 1 is 1.08 bits per heavy atom. The topological polar surface area (TPSA) is 81.5 Å². The summed E-state index contributed by atoms with van der Waals surface area (Å²) < 4.78 is 5.30. The van der Waals surface area contributed by atoms with Crippen molar-refractivity contribution in [2.45, 2.75) is 44.9 Å². The van der Waals surface area contributed by atoms with Crippen molar-refractivity contribution in [1.82, 2.24) is 5.32 Å². The zero-order chi connectivity index (χ0) is 19.2. The summed E-state index contributed by atoms with van der Waals surface area (Å²) in [6, 6.07) is 16.3. The SMILES string of the molecule is CC(C)(C)OC(=O)N[C@@H](c1ccccc1)[C@@H](Cc1ccccc1)[N+](=O)[O-]. The molecule has 0 heterocycles. The summed E-state index contributed by atoms with van der Waals surface area (Å²) >= 11 is 0. The fraction of sp³-hybridized carbons (Fsp3) is 0.350. The minimum absolute atomic E-state index is 0.198. The van der Waals surface area contributed by atoms with Gasteiger partial charge in [0.1, 0.15) is 11.6 Å². The second-order valence-electron chi connectivity index (χ2n) is 7.08. The Bertz CT molecular complexity index is 726. The van der Waals surface area contributed by atoms with Gasteiger partial charge in [-0.15, -0.1) is 0 Å². The number of nitro groups is 1. The normalized spacial score (nSPS) is 13.5. The first-order chi connectivity index (χ1) is 12.3. The molecule has 1 amide bonds. The molecule has 1 N–H and O–H groups in total. The van der Waals surface area contributed by atoms with Crippen molar-refractivity contribution in [3.8, 4) is 0 Å². The van der Waals surface area contributed by atoms with Gasteiger partial charge in [0.25, 0.3) is 0 Å². The van der Waals surface area contributed by atoms with Gasteiger partial charge in [0.15, 0.2) is 0 Å². The van der Waals surface area contributed by atoms with E-state index in [0.29, 0.717) is 5.56 Å². The van der Waals surface area contributed by atoms with Crippen molar-refractivity contribution < 1.29 is 14.5 Å². The molecule has 0 aliphatic heterocycles. The van der Waals surface area contributed by atoms with Crippen LogP contribution in [0.15, 0.2) is 60.7 Å². The van der Waals surface area contributed by atoms with Gasteiger partial charge in [-0.1, -0.05) is 60.7 Å². The van der Waals surface area contributed by atoms with Crippen LogP contribution in [-0.4, -0.2) is 22.7 Å². The molecule has 0 unspecified atom stereocenters. The van der Waals surface area contributed by atoms with Gasteiger partial charge in [0.05, 0.1) is 0 Å². The summed E-state index contributed by atoms with van der Waals surface area (Å²) in [5.74, 6) is 0. The number of rotatable bonds is 6. The predicted molar refractivity (Wildman–Crippen MR) is 99.5 cm³/mol. The second kappa shape index (κ2) is 8.47. The molecule has 2 atom stereocenters. The lowest BCUT2D eigenvalue weighted by Crippen LogP contribution is -2.43. The minimum atomic E-state index is -1.02. The van der Waals surface area contributed by atoms with Gasteiger partial charge >= 0.3 is 6.09 Å². The molecule has 6 heteroatoms. The van der Waals surface area contributed by atoms with Gasteiger partial charge in [0.2, 0.25) is 6.04 Å². The van der Waals surface area contributed by atoms with Crippen molar-refractivity contribution in [2.24, 2.45) is 0 Å². The van der Waals surface area contributed by atoms with Gasteiger partial charge in [-0.05, 0) is 31.9 Å². The lowest BCUT2D eigenvalue weighted by molar-refractivity contribution is -0.527. The maximum absolute atomic E-state index is 12.3. The number of benzene rings is 2. The first-order valence-electron chi connectivity index (χ1n) is 8.48. The van der Waals surface area contributed by atoms with Crippen molar-refractivity contribution in [3.05, 3.63) is 81.9 Å². The van der Waals surface area contributed by atoms with E-state index >= 15 is 0 Å². The molecule has 26 heavy (non-hydrogen) atoms. The first kappa shape index (κ1) is 19.4. The zero-order valence-electron chi connectivity index (χ0n) is 15.2. The van der Waals surface area contributed by atoms with Crippen LogP contribution in [0.1, 0.15) is 37.9 Å². The van der Waals surface area contributed by atoms with Crippen molar-refractivity contribution in [1.29, 1.82) is 0 Å². The summed E-state index contributed by atoms with van der Waals surface area (Å²) in [6.45, 7) is 5.25. The van der Waals surface area contributed by atoms with Crippen molar-refractivity contribution in [3.63, 3.8) is 0 Å². The van der Waals surface area contributed by atoms with E-state index in [1.165, 1.54) is 0 Å². The highest BCUT2D eigenvalue weighted by Crippen LogP contribution is 2.23. The number of hydrogen-bond acceptors (Lipinski definition) is 4. The molecule has 0 aliphatic carbocycles. The van der Waals surface area contributed by atoms with Crippen LogP contribution in [0.3, 0.4) is 0 Å². The van der Waals surface area contributed by atoms with E-state index in [2.05, 4.69) is 5.32 Å². The van der Waals surface area contributed by atoms with Gasteiger partial charge in [-0.2, -0.15) is 0 Å². The molecule has 2 aromatic carbocycles. The summed E-state index contributed by atoms with van der Waals surface area (Å²) in [5, 5.41) is 14.5. The minimum Gasteiger partial charge on any atom is -0.444 e. The third kappa shape index (κ3) is 5.88. The molecular weight excluding hydrogens is 332 g/mol. The smallest absolute Gasteiger partial charge is 0.408 e. The number of carbonyl (C=O) groups excluding carboxylic acids is 1. The summed E-state index contributed by atoms with van der Waals surface area (Å²) in [6.07, 6.45) is -0.477. The van der Waals surface area contributed by atoms with E-state index in [-0.39, 0.29) is 11.3 Å².